The Morgan fingerprint density at radius 3 is 2.11 bits per heavy atom. The molecule has 0 bridgehead atoms. The normalized spacial score (nSPS) is 19.6. The number of benzene rings is 2. The molecule has 194 valence electrons. The number of amides is 1. The number of carbonyl (C=O) groups is 1. The van der Waals surface area contributed by atoms with Crippen LogP contribution in [-0.4, -0.2) is 22.3 Å². The highest BCUT2D eigenvalue weighted by Crippen LogP contribution is 2.42. The monoisotopic (exact) mass is 516 g/mol. The summed E-state index contributed by atoms with van der Waals surface area (Å²) in [5, 5.41) is 11.3. The minimum Gasteiger partial charge on any atom is -0.371 e. The van der Waals surface area contributed by atoms with Gasteiger partial charge < -0.3 is 9.64 Å². The number of hydrogen-bond acceptors (Lipinski definition) is 4. The zero-order valence-corrected chi connectivity index (χ0v) is 19.2. The Labute approximate surface area is 202 Å². The smallest absolute Gasteiger partial charge is 0.371 e. The van der Waals surface area contributed by atoms with Gasteiger partial charge in [0.15, 0.2) is 0 Å². The molecule has 0 radical (unpaired) electrons. The van der Waals surface area contributed by atoms with Crippen molar-refractivity contribution < 1.29 is 40.8 Å². The molecule has 2 atom stereocenters. The van der Waals surface area contributed by atoms with Crippen molar-refractivity contribution >= 4 is 5.91 Å². The van der Waals surface area contributed by atoms with E-state index in [0.29, 0.717) is 17.7 Å². The summed E-state index contributed by atoms with van der Waals surface area (Å²) in [5.74, 6) is -0.549. The Morgan fingerprint density at radius 1 is 1.08 bits per heavy atom. The number of rotatable bonds is 6. The molecule has 0 fully saturated rings. The molecule has 0 aromatic heterocycles. The van der Waals surface area contributed by atoms with E-state index in [1.54, 1.807) is 30.3 Å². The van der Waals surface area contributed by atoms with Gasteiger partial charge in [-0.25, -0.2) is 0 Å². The van der Waals surface area contributed by atoms with E-state index in [9.17, 15) is 41.3 Å². The lowest BCUT2D eigenvalue weighted by Gasteiger charge is -2.44. The van der Waals surface area contributed by atoms with Gasteiger partial charge in [0.1, 0.15) is 0 Å². The SMILES string of the molecule is CC(=O)N1C=C([N+](=O)[O-])CC[C@@]1(CO[C@H](C)c1cc(C(F)(F)F)cc(C(F)(F)F)c1)c1ccccc1. The van der Waals surface area contributed by atoms with Crippen molar-refractivity contribution in [1.82, 2.24) is 4.90 Å². The first kappa shape index (κ1) is 27.2. The van der Waals surface area contributed by atoms with E-state index in [1.165, 1.54) is 13.8 Å². The van der Waals surface area contributed by atoms with Gasteiger partial charge >= 0.3 is 12.4 Å². The number of halogens is 6. The third-order valence-corrected chi connectivity index (χ3v) is 6.07. The quantitative estimate of drug-likeness (QED) is 0.251. The number of nitro groups is 1. The summed E-state index contributed by atoms with van der Waals surface area (Å²) in [6.45, 7) is 2.16. The lowest BCUT2D eigenvalue weighted by atomic mass is 9.81. The zero-order valence-electron chi connectivity index (χ0n) is 19.2. The first-order valence-corrected chi connectivity index (χ1v) is 10.8. The van der Waals surface area contributed by atoms with E-state index < -0.39 is 46.0 Å². The second kappa shape index (κ2) is 9.92. The van der Waals surface area contributed by atoms with Gasteiger partial charge in [0.2, 0.25) is 5.91 Å². The maximum atomic E-state index is 13.3. The average Bonchev–Trinajstić information content (AvgIpc) is 2.81. The fourth-order valence-corrected chi connectivity index (χ4v) is 4.15. The van der Waals surface area contributed by atoms with E-state index in [1.807, 2.05) is 0 Å². The van der Waals surface area contributed by atoms with Crippen LogP contribution in [0.3, 0.4) is 0 Å². The van der Waals surface area contributed by atoms with Gasteiger partial charge in [0.25, 0.3) is 5.70 Å². The lowest BCUT2D eigenvalue weighted by Crippen LogP contribution is -2.51. The molecule has 0 saturated carbocycles. The molecule has 2 aromatic rings. The largest absolute Gasteiger partial charge is 0.416 e. The topological polar surface area (TPSA) is 72.7 Å². The molecule has 1 heterocycles. The second-order valence-electron chi connectivity index (χ2n) is 8.46. The van der Waals surface area contributed by atoms with Crippen LogP contribution in [0.15, 0.2) is 60.4 Å². The molecule has 0 unspecified atom stereocenters. The van der Waals surface area contributed by atoms with Gasteiger partial charge in [-0.3, -0.25) is 14.9 Å². The lowest BCUT2D eigenvalue weighted by molar-refractivity contribution is -0.431. The van der Waals surface area contributed by atoms with Gasteiger partial charge in [0.05, 0.1) is 40.5 Å². The van der Waals surface area contributed by atoms with Crippen molar-refractivity contribution in [2.75, 3.05) is 6.61 Å². The van der Waals surface area contributed by atoms with Gasteiger partial charge in [0, 0.05) is 13.3 Å². The first-order chi connectivity index (χ1) is 16.6. The van der Waals surface area contributed by atoms with Crippen molar-refractivity contribution in [1.29, 1.82) is 0 Å². The summed E-state index contributed by atoms with van der Waals surface area (Å²) in [5.41, 5.74) is -4.23. The molecule has 0 aliphatic carbocycles. The molecule has 6 nitrogen and oxygen atoms in total. The van der Waals surface area contributed by atoms with Crippen LogP contribution in [0.4, 0.5) is 26.3 Å². The molecule has 2 aromatic carbocycles. The van der Waals surface area contributed by atoms with E-state index in [2.05, 4.69) is 0 Å². The highest BCUT2D eigenvalue weighted by atomic mass is 19.4. The van der Waals surface area contributed by atoms with E-state index in [0.717, 1.165) is 11.1 Å². The molecule has 3 rings (SSSR count). The third-order valence-electron chi connectivity index (χ3n) is 6.07. The fraction of sp³-hybridized carbons (Fsp3) is 0.375. The molecule has 1 amide bonds. The summed E-state index contributed by atoms with van der Waals surface area (Å²) < 4.78 is 85.5. The Hall–Kier alpha value is -3.41. The molecule has 36 heavy (non-hydrogen) atoms. The van der Waals surface area contributed by atoms with Crippen LogP contribution in [0.2, 0.25) is 0 Å². The van der Waals surface area contributed by atoms with E-state index in [-0.39, 0.29) is 36.8 Å². The van der Waals surface area contributed by atoms with Gasteiger partial charge in [-0.15, -0.1) is 0 Å². The number of carbonyl (C=O) groups excluding carboxylic acids is 1. The maximum absolute atomic E-state index is 13.3. The Bertz CT molecular complexity index is 1130. The Balaban J connectivity index is 2.02. The van der Waals surface area contributed by atoms with Crippen LogP contribution >= 0.6 is 0 Å². The standard InChI is InChI=1S/C24H22F6N2O4/c1-15(17-10-19(23(25,26)27)12-20(11-17)24(28,29)30)36-14-22(18-6-4-3-5-7-18)9-8-21(32(34)35)13-31(22)16(2)33/h3-7,10-13,15H,8-9,14H2,1-2H3/t15-,22-/m1/s1. The molecule has 0 saturated heterocycles. The minimum absolute atomic E-state index is 0.0320. The molecule has 0 spiro atoms. The molecular formula is C24H22F6N2O4. The Kier molecular flexibility index (Phi) is 7.49. The molecule has 1 aliphatic heterocycles. The fourth-order valence-electron chi connectivity index (χ4n) is 4.15. The number of allylic oxidation sites excluding steroid dienone is 1. The highest BCUT2D eigenvalue weighted by molar-refractivity contribution is 5.76. The number of ether oxygens (including phenoxy) is 1. The van der Waals surface area contributed by atoms with Crippen molar-refractivity contribution in [2.45, 2.75) is 50.7 Å². The predicted molar refractivity (Wildman–Crippen MR) is 116 cm³/mol. The van der Waals surface area contributed by atoms with E-state index in [4.69, 9.17) is 4.74 Å². The molecule has 1 aliphatic rings. The van der Waals surface area contributed by atoms with Gasteiger partial charge in [-0.1, -0.05) is 30.3 Å². The summed E-state index contributed by atoms with van der Waals surface area (Å²) in [7, 11) is 0. The van der Waals surface area contributed by atoms with Crippen LogP contribution < -0.4 is 0 Å². The van der Waals surface area contributed by atoms with Crippen LogP contribution in [0.5, 0.6) is 0 Å². The van der Waals surface area contributed by atoms with E-state index >= 15 is 0 Å². The molecule has 12 heteroatoms. The predicted octanol–water partition coefficient (Wildman–Crippen LogP) is 6.46. The first-order valence-electron chi connectivity index (χ1n) is 10.8. The number of hydrogen-bond donors (Lipinski definition) is 0. The maximum Gasteiger partial charge on any atom is 0.416 e. The summed E-state index contributed by atoms with van der Waals surface area (Å²) in [6.07, 6.45) is -10.2. The molecule has 0 N–H and O–H groups in total. The van der Waals surface area contributed by atoms with Crippen molar-refractivity contribution in [3.05, 3.63) is 92.8 Å². The highest BCUT2D eigenvalue weighted by Gasteiger charge is 2.45. The van der Waals surface area contributed by atoms with Crippen LogP contribution in [-0.2, 0) is 27.4 Å². The van der Waals surface area contributed by atoms with Crippen LogP contribution in [0.25, 0.3) is 0 Å². The van der Waals surface area contributed by atoms with Crippen molar-refractivity contribution in [3.63, 3.8) is 0 Å². The van der Waals surface area contributed by atoms with Crippen LogP contribution in [0.1, 0.15) is 55.0 Å². The zero-order chi connectivity index (χ0) is 26.9. The summed E-state index contributed by atoms with van der Waals surface area (Å²) >= 11 is 0. The summed E-state index contributed by atoms with van der Waals surface area (Å²) in [4.78, 5) is 24.4. The second-order valence-corrected chi connectivity index (χ2v) is 8.46. The van der Waals surface area contributed by atoms with Gasteiger partial charge in [-0.2, -0.15) is 26.3 Å². The molecular weight excluding hydrogens is 494 g/mol. The number of nitrogens with zero attached hydrogens (tertiary/aromatic N) is 2. The average molecular weight is 516 g/mol. The minimum atomic E-state index is -5.01. The Morgan fingerprint density at radius 2 is 1.64 bits per heavy atom. The van der Waals surface area contributed by atoms with Crippen molar-refractivity contribution in [2.24, 2.45) is 0 Å². The van der Waals surface area contributed by atoms with Crippen LogP contribution in [0, 0.1) is 10.1 Å². The van der Waals surface area contributed by atoms with Crippen molar-refractivity contribution in [3.8, 4) is 0 Å². The number of alkyl halides is 6. The van der Waals surface area contributed by atoms with Gasteiger partial charge in [-0.05, 0) is 42.7 Å². The summed E-state index contributed by atoms with van der Waals surface area (Å²) in [6, 6.07) is 9.60. The third kappa shape index (κ3) is 5.69.